The Kier molecular flexibility index (Phi) is 6.01. The number of benzene rings is 1. The van der Waals surface area contributed by atoms with Gasteiger partial charge in [0.15, 0.2) is 0 Å². The van der Waals surface area contributed by atoms with Gasteiger partial charge in [-0.1, -0.05) is 65.8 Å². The molecule has 0 saturated carbocycles. The molecule has 0 bridgehead atoms. The van der Waals surface area contributed by atoms with Gasteiger partial charge < -0.3 is 5.73 Å². The van der Waals surface area contributed by atoms with Crippen molar-refractivity contribution in [3.63, 3.8) is 0 Å². The van der Waals surface area contributed by atoms with Gasteiger partial charge in [0.2, 0.25) is 0 Å². The molecule has 0 aliphatic heterocycles. The molecule has 0 aliphatic rings. The van der Waals surface area contributed by atoms with E-state index in [1.165, 1.54) is 11.1 Å². The maximum atomic E-state index is 5.89. The van der Waals surface area contributed by atoms with E-state index < -0.39 is 0 Å². The molecular weight excluding hydrogens is 256 g/mol. The fourth-order valence-electron chi connectivity index (χ4n) is 2.61. The van der Waals surface area contributed by atoms with Crippen molar-refractivity contribution in [2.24, 2.45) is 11.1 Å². The Morgan fingerprint density at radius 3 is 1.95 bits per heavy atom. The van der Waals surface area contributed by atoms with Gasteiger partial charge in [0.05, 0.1) is 0 Å². The summed E-state index contributed by atoms with van der Waals surface area (Å²) in [6.45, 7) is 18.6. The molecule has 0 saturated heterocycles. The normalized spacial score (nSPS) is 14.5. The second-order valence-corrected chi connectivity index (χ2v) is 7.98. The van der Waals surface area contributed by atoms with Gasteiger partial charge in [-0.25, -0.2) is 0 Å². The molecule has 2 nitrogen and oxygen atoms in total. The van der Waals surface area contributed by atoms with Crippen molar-refractivity contribution in [1.29, 1.82) is 0 Å². The van der Waals surface area contributed by atoms with E-state index in [4.69, 9.17) is 5.73 Å². The van der Waals surface area contributed by atoms with E-state index in [1.807, 2.05) is 0 Å². The number of nitrogens with two attached hydrogens (primary N) is 1. The van der Waals surface area contributed by atoms with E-state index in [1.54, 1.807) is 0 Å². The monoisotopic (exact) mass is 290 g/mol. The second-order valence-electron chi connectivity index (χ2n) is 7.98. The van der Waals surface area contributed by atoms with Crippen molar-refractivity contribution in [2.75, 3.05) is 19.6 Å². The molecule has 0 aliphatic carbocycles. The molecule has 21 heavy (non-hydrogen) atoms. The number of rotatable bonds is 6. The van der Waals surface area contributed by atoms with Crippen LogP contribution in [0, 0.1) is 5.41 Å². The number of hydrogen-bond acceptors (Lipinski definition) is 2. The quantitative estimate of drug-likeness (QED) is 0.844. The lowest BCUT2D eigenvalue weighted by Gasteiger charge is -2.35. The summed E-state index contributed by atoms with van der Waals surface area (Å²) in [7, 11) is 0. The van der Waals surface area contributed by atoms with Gasteiger partial charge in [0.1, 0.15) is 0 Å². The van der Waals surface area contributed by atoms with Gasteiger partial charge >= 0.3 is 0 Å². The molecule has 2 N–H and O–H groups in total. The van der Waals surface area contributed by atoms with Crippen LogP contribution < -0.4 is 5.73 Å². The van der Waals surface area contributed by atoms with Crippen LogP contribution in [-0.2, 0) is 5.41 Å². The Balaban J connectivity index is 2.88. The highest BCUT2D eigenvalue weighted by molar-refractivity contribution is 5.29. The fourth-order valence-corrected chi connectivity index (χ4v) is 2.61. The molecule has 0 aromatic heterocycles. The summed E-state index contributed by atoms with van der Waals surface area (Å²) < 4.78 is 0. The molecule has 1 aromatic rings. The van der Waals surface area contributed by atoms with Crippen molar-refractivity contribution in [3.05, 3.63) is 35.4 Å². The van der Waals surface area contributed by atoms with Crippen molar-refractivity contribution in [2.45, 2.75) is 59.9 Å². The minimum absolute atomic E-state index is 0.162. The molecular formula is C19H34N2. The van der Waals surface area contributed by atoms with E-state index in [9.17, 15) is 0 Å². The minimum atomic E-state index is 0.162. The zero-order chi connectivity index (χ0) is 16.3. The maximum Gasteiger partial charge on any atom is 0.0320 e. The first kappa shape index (κ1) is 18.2. The van der Waals surface area contributed by atoms with E-state index in [0.717, 1.165) is 19.6 Å². The summed E-state index contributed by atoms with van der Waals surface area (Å²) in [5.41, 5.74) is 9.05. The average Bonchev–Trinajstić information content (AvgIpc) is 2.43. The van der Waals surface area contributed by atoms with Gasteiger partial charge in [-0.3, -0.25) is 4.90 Å². The predicted molar refractivity (Wildman–Crippen MR) is 93.6 cm³/mol. The average molecular weight is 290 g/mol. The predicted octanol–water partition coefficient (Wildman–Crippen LogP) is 4.35. The second kappa shape index (κ2) is 6.93. The van der Waals surface area contributed by atoms with Crippen LogP contribution >= 0.6 is 0 Å². The lowest BCUT2D eigenvalue weighted by Crippen LogP contribution is -2.40. The highest BCUT2D eigenvalue weighted by Crippen LogP contribution is 2.27. The Labute approximate surface area is 131 Å². The molecule has 0 amide bonds. The first-order chi connectivity index (χ1) is 9.60. The van der Waals surface area contributed by atoms with E-state index >= 15 is 0 Å². The van der Waals surface area contributed by atoms with E-state index in [-0.39, 0.29) is 10.8 Å². The van der Waals surface area contributed by atoms with Crippen molar-refractivity contribution >= 4 is 0 Å². The summed E-state index contributed by atoms with van der Waals surface area (Å²) in [6.07, 6.45) is 0. The third-order valence-corrected chi connectivity index (χ3v) is 4.40. The lowest BCUT2D eigenvalue weighted by atomic mass is 9.86. The molecule has 0 spiro atoms. The summed E-state index contributed by atoms with van der Waals surface area (Å²) in [4.78, 5) is 2.51. The summed E-state index contributed by atoms with van der Waals surface area (Å²) in [5.74, 6) is 0. The van der Waals surface area contributed by atoms with Gasteiger partial charge in [-0.05, 0) is 42.0 Å². The molecule has 120 valence electrons. The molecule has 0 heterocycles. The smallest absolute Gasteiger partial charge is 0.0320 e. The maximum absolute atomic E-state index is 5.89. The molecule has 1 aromatic carbocycles. The first-order valence-corrected chi connectivity index (χ1v) is 8.15. The van der Waals surface area contributed by atoms with Crippen LogP contribution in [-0.4, -0.2) is 24.5 Å². The van der Waals surface area contributed by atoms with Gasteiger partial charge in [0.25, 0.3) is 0 Å². The minimum Gasteiger partial charge on any atom is -0.330 e. The Hall–Kier alpha value is -0.860. The highest BCUT2D eigenvalue weighted by atomic mass is 15.2. The largest absolute Gasteiger partial charge is 0.330 e. The first-order valence-electron chi connectivity index (χ1n) is 8.15. The van der Waals surface area contributed by atoms with E-state index in [0.29, 0.717) is 6.04 Å². The van der Waals surface area contributed by atoms with Crippen molar-refractivity contribution < 1.29 is 0 Å². The molecule has 2 heteroatoms. The van der Waals surface area contributed by atoms with Gasteiger partial charge in [-0.2, -0.15) is 0 Å². The standard InChI is InChI=1S/C19H34N2/c1-8-21(14-19(6,7)13-20)15(2)16-9-11-17(12-10-16)18(3,4)5/h9-12,15H,8,13-14,20H2,1-7H3. The van der Waals surface area contributed by atoms with Crippen molar-refractivity contribution in [1.82, 2.24) is 4.90 Å². The van der Waals surface area contributed by atoms with Gasteiger partial charge in [0, 0.05) is 12.6 Å². The van der Waals surface area contributed by atoms with Crippen LogP contribution in [0.25, 0.3) is 0 Å². The molecule has 1 rings (SSSR count). The van der Waals surface area contributed by atoms with Crippen LogP contribution in [0.15, 0.2) is 24.3 Å². The van der Waals surface area contributed by atoms with E-state index in [2.05, 4.69) is 77.6 Å². The van der Waals surface area contributed by atoms with Crippen molar-refractivity contribution in [3.8, 4) is 0 Å². The SMILES string of the molecule is CCN(CC(C)(C)CN)C(C)c1ccc(C(C)(C)C)cc1. The zero-order valence-corrected chi connectivity index (χ0v) is 15.0. The van der Waals surface area contributed by atoms with Crippen LogP contribution in [0.2, 0.25) is 0 Å². The summed E-state index contributed by atoms with van der Waals surface area (Å²) >= 11 is 0. The molecule has 1 atom stereocenters. The topological polar surface area (TPSA) is 29.3 Å². The van der Waals surface area contributed by atoms with Gasteiger partial charge in [-0.15, -0.1) is 0 Å². The fraction of sp³-hybridized carbons (Fsp3) is 0.684. The van der Waals surface area contributed by atoms with Crippen LogP contribution in [0.1, 0.15) is 65.6 Å². The third kappa shape index (κ3) is 5.12. The van der Waals surface area contributed by atoms with Crippen LogP contribution in [0.3, 0.4) is 0 Å². The zero-order valence-electron chi connectivity index (χ0n) is 15.0. The Morgan fingerprint density at radius 2 is 1.57 bits per heavy atom. The Bertz CT molecular complexity index is 426. The number of hydrogen-bond donors (Lipinski definition) is 1. The molecule has 0 radical (unpaired) electrons. The highest BCUT2D eigenvalue weighted by Gasteiger charge is 2.23. The lowest BCUT2D eigenvalue weighted by molar-refractivity contribution is 0.148. The Morgan fingerprint density at radius 1 is 1.05 bits per heavy atom. The molecule has 1 unspecified atom stereocenters. The third-order valence-electron chi connectivity index (χ3n) is 4.40. The summed E-state index contributed by atoms with van der Waals surface area (Å²) in [5, 5.41) is 0. The van der Waals surface area contributed by atoms with Crippen LogP contribution in [0.5, 0.6) is 0 Å². The molecule has 0 fully saturated rings. The number of nitrogens with zero attached hydrogens (tertiary/aromatic N) is 1. The summed E-state index contributed by atoms with van der Waals surface area (Å²) in [6, 6.07) is 9.53. The van der Waals surface area contributed by atoms with Crippen LogP contribution in [0.4, 0.5) is 0 Å².